The predicted molar refractivity (Wildman–Crippen MR) is 71.3 cm³/mol. The summed E-state index contributed by atoms with van der Waals surface area (Å²) in [7, 11) is 0. The van der Waals surface area contributed by atoms with E-state index in [1.807, 2.05) is 6.92 Å². The van der Waals surface area contributed by atoms with Crippen LogP contribution in [0.15, 0.2) is 12.1 Å². The number of halogens is 2. The molecule has 0 radical (unpaired) electrons. The highest BCUT2D eigenvalue weighted by molar-refractivity contribution is 5.97. The summed E-state index contributed by atoms with van der Waals surface area (Å²) in [6.45, 7) is 3.65. The number of nitrogens with two attached hydrogens (primary N) is 1. The van der Waals surface area contributed by atoms with Crippen LogP contribution in [0.3, 0.4) is 0 Å². The van der Waals surface area contributed by atoms with E-state index in [1.54, 1.807) is 0 Å². The van der Waals surface area contributed by atoms with E-state index in [1.165, 1.54) is 6.92 Å². The van der Waals surface area contributed by atoms with Gasteiger partial charge in [-0.15, -0.1) is 0 Å². The van der Waals surface area contributed by atoms with Crippen molar-refractivity contribution in [2.24, 2.45) is 5.73 Å². The first-order valence-corrected chi connectivity index (χ1v) is 6.19. The summed E-state index contributed by atoms with van der Waals surface area (Å²) in [4.78, 5) is 22.5. The van der Waals surface area contributed by atoms with Gasteiger partial charge in [0.1, 0.15) is 23.4 Å². The van der Waals surface area contributed by atoms with Crippen molar-refractivity contribution in [2.75, 3.05) is 11.9 Å². The Bertz CT molecular complexity index is 497. The van der Waals surface area contributed by atoms with E-state index >= 15 is 0 Å². The minimum atomic E-state index is -0.925. The van der Waals surface area contributed by atoms with E-state index in [2.05, 4.69) is 10.6 Å². The van der Waals surface area contributed by atoms with Crippen LogP contribution in [0.4, 0.5) is 14.5 Å². The number of primary amides is 1. The summed E-state index contributed by atoms with van der Waals surface area (Å²) in [6.07, 6.45) is 0.706. The molecule has 1 atom stereocenters. The zero-order chi connectivity index (χ0) is 15.3. The van der Waals surface area contributed by atoms with Gasteiger partial charge >= 0.3 is 0 Å². The summed E-state index contributed by atoms with van der Waals surface area (Å²) in [5, 5.41) is 4.85. The number of anilines is 1. The van der Waals surface area contributed by atoms with Crippen LogP contribution in [0.2, 0.25) is 0 Å². The fourth-order valence-electron chi connectivity index (χ4n) is 1.47. The highest BCUT2D eigenvalue weighted by Crippen LogP contribution is 2.20. The topological polar surface area (TPSA) is 84.2 Å². The zero-order valence-electron chi connectivity index (χ0n) is 11.3. The molecule has 0 aliphatic carbocycles. The molecule has 0 saturated heterocycles. The first kappa shape index (κ1) is 15.9. The molecule has 4 N–H and O–H groups in total. The quantitative estimate of drug-likeness (QED) is 0.738. The standard InChI is InChI=1S/C13H17F2N3O2/c1-3-4-17-11-9(14)5-8(6-10(11)15)13(20)18-7(2)12(16)19/h5-7,17H,3-4H2,1-2H3,(H2,16,19)(H,18,20). The molecule has 20 heavy (non-hydrogen) atoms. The monoisotopic (exact) mass is 285 g/mol. The van der Waals surface area contributed by atoms with Crippen molar-refractivity contribution in [1.29, 1.82) is 0 Å². The van der Waals surface area contributed by atoms with Crippen molar-refractivity contribution in [3.63, 3.8) is 0 Å². The lowest BCUT2D eigenvalue weighted by atomic mass is 10.1. The third-order valence-corrected chi connectivity index (χ3v) is 2.63. The Morgan fingerprint density at radius 1 is 1.30 bits per heavy atom. The van der Waals surface area contributed by atoms with Crippen LogP contribution < -0.4 is 16.4 Å². The van der Waals surface area contributed by atoms with Crippen LogP contribution >= 0.6 is 0 Å². The largest absolute Gasteiger partial charge is 0.380 e. The third-order valence-electron chi connectivity index (χ3n) is 2.63. The Balaban J connectivity index is 2.92. The number of hydrogen-bond donors (Lipinski definition) is 3. The number of carbonyl (C=O) groups excluding carboxylic acids is 2. The van der Waals surface area contributed by atoms with Crippen molar-refractivity contribution in [3.8, 4) is 0 Å². The molecule has 1 aromatic carbocycles. The smallest absolute Gasteiger partial charge is 0.252 e. The molecule has 1 unspecified atom stereocenters. The highest BCUT2D eigenvalue weighted by atomic mass is 19.1. The van der Waals surface area contributed by atoms with Crippen molar-refractivity contribution in [2.45, 2.75) is 26.3 Å². The first-order valence-electron chi connectivity index (χ1n) is 6.19. The summed E-state index contributed by atoms with van der Waals surface area (Å²) in [5.41, 5.74) is 4.50. The van der Waals surface area contributed by atoms with Gasteiger partial charge in [0.2, 0.25) is 5.91 Å². The van der Waals surface area contributed by atoms with Crippen LogP contribution in [0.5, 0.6) is 0 Å². The second-order valence-corrected chi connectivity index (χ2v) is 4.34. The number of rotatable bonds is 6. The number of carbonyl (C=O) groups is 2. The van der Waals surface area contributed by atoms with Gasteiger partial charge in [-0.2, -0.15) is 0 Å². The minimum Gasteiger partial charge on any atom is -0.380 e. The van der Waals surface area contributed by atoms with Crippen LogP contribution in [0, 0.1) is 11.6 Å². The van der Waals surface area contributed by atoms with Crippen LogP contribution in [0.1, 0.15) is 30.6 Å². The van der Waals surface area contributed by atoms with Crippen LogP contribution in [0.25, 0.3) is 0 Å². The fraction of sp³-hybridized carbons (Fsp3) is 0.385. The number of hydrogen-bond acceptors (Lipinski definition) is 3. The van der Waals surface area contributed by atoms with Crippen LogP contribution in [-0.2, 0) is 4.79 Å². The Kier molecular flexibility index (Phi) is 5.42. The molecule has 0 aliphatic heterocycles. The maximum absolute atomic E-state index is 13.7. The summed E-state index contributed by atoms with van der Waals surface area (Å²) in [6, 6.07) is 0.889. The molecule has 0 fully saturated rings. The highest BCUT2D eigenvalue weighted by Gasteiger charge is 2.18. The van der Waals surface area contributed by atoms with Gasteiger partial charge in [-0.1, -0.05) is 6.92 Å². The number of benzene rings is 1. The van der Waals surface area contributed by atoms with E-state index in [-0.39, 0.29) is 11.3 Å². The van der Waals surface area contributed by atoms with Gasteiger partial charge in [0.15, 0.2) is 0 Å². The van der Waals surface area contributed by atoms with E-state index in [4.69, 9.17) is 5.73 Å². The molecular formula is C13H17F2N3O2. The van der Waals surface area contributed by atoms with Crippen molar-refractivity contribution >= 4 is 17.5 Å². The van der Waals surface area contributed by atoms with Gasteiger partial charge < -0.3 is 16.4 Å². The Labute approximate surface area is 115 Å². The Morgan fingerprint density at radius 3 is 2.30 bits per heavy atom. The lowest BCUT2D eigenvalue weighted by Crippen LogP contribution is -2.42. The maximum Gasteiger partial charge on any atom is 0.252 e. The van der Waals surface area contributed by atoms with E-state index < -0.39 is 29.5 Å². The Morgan fingerprint density at radius 2 is 1.85 bits per heavy atom. The average molecular weight is 285 g/mol. The normalized spacial score (nSPS) is 11.8. The predicted octanol–water partition coefficient (Wildman–Crippen LogP) is 1.39. The molecule has 5 nitrogen and oxygen atoms in total. The van der Waals surface area contributed by atoms with Gasteiger partial charge in [-0.25, -0.2) is 8.78 Å². The molecule has 0 saturated carbocycles. The SMILES string of the molecule is CCCNc1c(F)cc(C(=O)NC(C)C(N)=O)cc1F. The van der Waals surface area contributed by atoms with E-state index in [9.17, 15) is 18.4 Å². The molecule has 0 spiro atoms. The third kappa shape index (κ3) is 3.91. The number of nitrogens with one attached hydrogen (secondary N) is 2. The molecule has 2 amide bonds. The van der Waals surface area contributed by atoms with Gasteiger partial charge in [0.05, 0.1) is 0 Å². The van der Waals surface area contributed by atoms with Gasteiger partial charge in [-0.3, -0.25) is 9.59 Å². The number of amides is 2. The minimum absolute atomic E-state index is 0.213. The summed E-state index contributed by atoms with van der Waals surface area (Å²) < 4.78 is 27.4. The van der Waals surface area contributed by atoms with Gasteiger partial charge in [-0.05, 0) is 25.5 Å². The molecule has 110 valence electrons. The first-order chi connectivity index (χ1) is 9.36. The molecule has 0 bridgehead atoms. The molecule has 0 aliphatic rings. The molecule has 7 heteroatoms. The van der Waals surface area contributed by atoms with Crippen molar-refractivity contribution in [3.05, 3.63) is 29.3 Å². The summed E-state index contributed by atoms with van der Waals surface area (Å²) in [5.74, 6) is -3.23. The lowest BCUT2D eigenvalue weighted by Gasteiger charge is -2.12. The lowest BCUT2D eigenvalue weighted by molar-refractivity contribution is -0.119. The maximum atomic E-state index is 13.7. The molecular weight excluding hydrogens is 268 g/mol. The fourth-order valence-corrected chi connectivity index (χ4v) is 1.47. The molecule has 0 aromatic heterocycles. The second-order valence-electron chi connectivity index (χ2n) is 4.34. The average Bonchev–Trinajstić information content (AvgIpc) is 2.37. The van der Waals surface area contributed by atoms with Gasteiger partial charge in [0, 0.05) is 12.1 Å². The second kappa shape index (κ2) is 6.83. The van der Waals surface area contributed by atoms with Crippen LogP contribution in [-0.4, -0.2) is 24.4 Å². The van der Waals surface area contributed by atoms with Gasteiger partial charge in [0.25, 0.3) is 5.91 Å². The Hall–Kier alpha value is -2.18. The van der Waals surface area contributed by atoms with E-state index in [0.29, 0.717) is 13.0 Å². The molecule has 1 rings (SSSR count). The molecule has 0 heterocycles. The zero-order valence-corrected chi connectivity index (χ0v) is 11.3. The van der Waals surface area contributed by atoms with E-state index in [0.717, 1.165) is 12.1 Å². The van der Waals surface area contributed by atoms with Crippen molar-refractivity contribution < 1.29 is 18.4 Å². The van der Waals surface area contributed by atoms with Crippen molar-refractivity contribution in [1.82, 2.24) is 5.32 Å². The molecule has 1 aromatic rings. The summed E-state index contributed by atoms with van der Waals surface area (Å²) >= 11 is 0.